The first-order valence-corrected chi connectivity index (χ1v) is 10.1. The Balaban J connectivity index is 2.19. The third-order valence-electron chi connectivity index (χ3n) is 5.50. The number of hydrogen-bond acceptors (Lipinski definition) is 2. The van der Waals surface area contributed by atoms with Gasteiger partial charge in [-0.3, -0.25) is 0 Å². The molecule has 0 bridgehead atoms. The van der Waals surface area contributed by atoms with E-state index in [-0.39, 0.29) is 0 Å². The highest BCUT2D eigenvalue weighted by molar-refractivity contribution is 7.19. The van der Waals surface area contributed by atoms with Gasteiger partial charge in [0, 0.05) is 15.0 Å². The van der Waals surface area contributed by atoms with Crippen molar-refractivity contribution < 1.29 is 5.11 Å². The summed E-state index contributed by atoms with van der Waals surface area (Å²) < 4.78 is 1.35. The molecule has 0 aliphatic carbocycles. The SMILES string of the molecule is CCc1cc(-c2c3ccccc3cc3sc(C)c(C)c23)cc(CC)c1O. The molecule has 1 heterocycles. The smallest absolute Gasteiger partial charge is 0.121 e. The maximum Gasteiger partial charge on any atom is 0.121 e. The van der Waals surface area contributed by atoms with Gasteiger partial charge in [-0.2, -0.15) is 0 Å². The molecule has 2 heteroatoms. The average molecular weight is 361 g/mol. The van der Waals surface area contributed by atoms with Gasteiger partial charge in [-0.15, -0.1) is 11.3 Å². The van der Waals surface area contributed by atoms with E-state index in [1.54, 1.807) is 0 Å². The normalized spacial score (nSPS) is 11.5. The molecule has 0 radical (unpaired) electrons. The summed E-state index contributed by atoms with van der Waals surface area (Å²) in [6.45, 7) is 8.66. The minimum atomic E-state index is 0.466. The Morgan fingerprint density at radius 3 is 2.23 bits per heavy atom. The zero-order valence-corrected chi connectivity index (χ0v) is 16.6. The highest BCUT2D eigenvalue weighted by atomic mass is 32.1. The van der Waals surface area contributed by atoms with Crippen molar-refractivity contribution in [2.75, 3.05) is 0 Å². The van der Waals surface area contributed by atoms with Crippen LogP contribution < -0.4 is 0 Å². The first-order valence-electron chi connectivity index (χ1n) is 9.31. The molecule has 0 aliphatic rings. The highest BCUT2D eigenvalue weighted by Gasteiger charge is 2.17. The van der Waals surface area contributed by atoms with Crippen molar-refractivity contribution in [2.24, 2.45) is 0 Å². The van der Waals surface area contributed by atoms with Crippen LogP contribution in [-0.4, -0.2) is 5.11 Å². The predicted octanol–water partition coefficient (Wildman–Crippen LogP) is 7.17. The van der Waals surface area contributed by atoms with Gasteiger partial charge in [-0.1, -0.05) is 38.1 Å². The Morgan fingerprint density at radius 2 is 1.58 bits per heavy atom. The first-order chi connectivity index (χ1) is 12.5. The molecule has 0 aliphatic heterocycles. The van der Waals surface area contributed by atoms with Crippen LogP contribution in [0.1, 0.15) is 35.4 Å². The molecule has 1 N–H and O–H groups in total. The van der Waals surface area contributed by atoms with E-state index in [1.807, 2.05) is 11.3 Å². The summed E-state index contributed by atoms with van der Waals surface area (Å²) in [5.74, 6) is 0.466. The minimum absolute atomic E-state index is 0.466. The van der Waals surface area contributed by atoms with E-state index >= 15 is 0 Å². The van der Waals surface area contributed by atoms with Crippen LogP contribution in [0.4, 0.5) is 0 Å². The zero-order valence-electron chi connectivity index (χ0n) is 15.8. The van der Waals surface area contributed by atoms with Gasteiger partial charge in [-0.25, -0.2) is 0 Å². The molecule has 0 spiro atoms. The molecule has 0 amide bonds. The van der Waals surface area contributed by atoms with Gasteiger partial charge >= 0.3 is 0 Å². The van der Waals surface area contributed by atoms with E-state index in [1.165, 1.54) is 42.4 Å². The molecule has 4 rings (SSSR count). The quantitative estimate of drug-likeness (QED) is 0.410. The topological polar surface area (TPSA) is 20.2 Å². The summed E-state index contributed by atoms with van der Waals surface area (Å²) in [5.41, 5.74) is 5.97. The highest BCUT2D eigenvalue weighted by Crippen LogP contribution is 2.43. The lowest BCUT2D eigenvalue weighted by molar-refractivity contribution is 0.462. The molecule has 1 aromatic heterocycles. The van der Waals surface area contributed by atoms with E-state index in [2.05, 4.69) is 70.2 Å². The molecule has 0 saturated carbocycles. The summed E-state index contributed by atoms with van der Waals surface area (Å²) in [5, 5.41) is 14.5. The van der Waals surface area contributed by atoms with Crippen molar-refractivity contribution in [3.8, 4) is 16.9 Å². The molecular weight excluding hydrogens is 336 g/mol. The predicted molar refractivity (Wildman–Crippen MR) is 115 cm³/mol. The number of phenolic OH excluding ortho intramolecular Hbond substituents is 1. The number of benzene rings is 3. The van der Waals surface area contributed by atoms with Gasteiger partial charge in [0.15, 0.2) is 0 Å². The lowest BCUT2D eigenvalue weighted by Gasteiger charge is -2.15. The summed E-state index contributed by atoms with van der Waals surface area (Å²) in [6, 6.07) is 15.3. The zero-order chi connectivity index (χ0) is 18.4. The van der Waals surface area contributed by atoms with E-state index in [0.717, 1.165) is 24.0 Å². The van der Waals surface area contributed by atoms with E-state index in [0.29, 0.717) is 5.75 Å². The Hall–Kier alpha value is -2.32. The standard InChI is InChI=1S/C24H24OS/c1-5-16-11-19(12-17(6-2)24(16)25)23-20-10-8-7-9-18(20)13-21-22(23)14(3)15(4)26-21/h7-13,25H,5-6H2,1-4H3. The molecule has 0 saturated heterocycles. The number of hydrogen-bond donors (Lipinski definition) is 1. The van der Waals surface area contributed by atoms with Gasteiger partial charge in [0.05, 0.1) is 0 Å². The number of rotatable bonds is 3. The fourth-order valence-corrected chi connectivity index (χ4v) is 5.06. The van der Waals surface area contributed by atoms with Crippen LogP contribution in [-0.2, 0) is 12.8 Å². The molecule has 3 aromatic carbocycles. The molecule has 26 heavy (non-hydrogen) atoms. The van der Waals surface area contributed by atoms with E-state index < -0.39 is 0 Å². The fourth-order valence-electron chi connectivity index (χ4n) is 3.94. The van der Waals surface area contributed by atoms with Crippen LogP contribution >= 0.6 is 11.3 Å². The minimum Gasteiger partial charge on any atom is -0.507 e. The maximum absolute atomic E-state index is 10.5. The van der Waals surface area contributed by atoms with Gasteiger partial charge < -0.3 is 5.11 Å². The lowest BCUT2D eigenvalue weighted by atomic mass is 9.90. The van der Waals surface area contributed by atoms with Gasteiger partial charge in [0.1, 0.15) is 5.75 Å². The maximum atomic E-state index is 10.5. The van der Waals surface area contributed by atoms with Gasteiger partial charge in [0.25, 0.3) is 0 Å². The van der Waals surface area contributed by atoms with Crippen molar-refractivity contribution in [2.45, 2.75) is 40.5 Å². The van der Waals surface area contributed by atoms with Gasteiger partial charge in [-0.05, 0) is 83.5 Å². The molecule has 132 valence electrons. The van der Waals surface area contributed by atoms with Crippen LogP contribution in [0.25, 0.3) is 32.0 Å². The summed E-state index contributed by atoms with van der Waals surface area (Å²) in [6.07, 6.45) is 1.67. The molecule has 1 nitrogen and oxygen atoms in total. The Bertz CT molecular complexity index is 1110. The number of fused-ring (bicyclic) bond motifs is 2. The van der Waals surface area contributed by atoms with E-state index in [4.69, 9.17) is 0 Å². The van der Waals surface area contributed by atoms with E-state index in [9.17, 15) is 5.11 Å². The monoisotopic (exact) mass is 360 g/mol. The van der Waals surface area contributed by atoms with Crippen LogP contribution in [0.3, 0.4) is 0 Å². The first kappa shape index (κ1) is 17.1. The van der Waals surface area contributed by atoms with Crippen molar-refractivity contribution >= 4 is 32.2 Å². The number of thiophene rings is 1. The summed E-state index contributed by atoms with van der Waals surface area (Å²) >= 11 is 1.88. The third-order valence-corrected chi connectivity index (χ3v) is 6.65. The van der Waals surface area contributed by atoms with Gasteiger partial charge in [0.2, 0.25) is 0 Å². The van der Waals surface area contributed by atoms with Crippen molar-refractivity contribution in [3.05, 3.63) is 64.0 Å². The van der Waals surface area contributed by atoms with Crippen LogP contribution in [0.5, 0.6) is 5.75 Å². The fraction of sp³-hybridized carbons (Fsp3) is 0.250. The largest absolute Gasteiger partial charge is 0.507 e. The molecule has 0 atom stereocenters. The van der Waals surface area contributed by atoms with Crippen LogP contribution in [0, 0.1) is 13.8 Å². The Labute approximate surface area is 158 Å². The summed E-state index contributed by atoms with van der Waals surface area (Å²) in [4.78, 5) is 1.38. The van der Waals surface area contributed by atoms with Crippen LogP contribution in [0.15, 0.2) is 42.5 Å². The molecular formula is C24H24OS. The average Bonchev–Trinajstić information content (AvgIpc) is 2.94. The second kappa shape index (κ2) is 6.44. The second-order valence-electron chi connectivity index (χ2n) is 6.98. The third kappa shape index (κ3) is 2.52. The lowest BCUT2D eigenvalue weighted by Crippen LogP contribution is -1.93. The molecule has 0 unspecified atom stereocenters. The molecule has 4 aromatic rings. The van der Waals surface area contributed by atoms with Crippen molar-refractivity contribution in [1.82, 2.24) is 0 Å². The Kier molecular flexibility index (Phi) is 4.24. The Morgan fingerprint density at radius 1 is 0.923 bits per heavy atom. The number of aryl methyl sites for hydroxylation is 4. The summed E-state index contributed by atoms with van der Waals surface area (Å²) in [7, 11) is 0. The second-order valence-corrected chi connectivity index (χ2v) is 8.24. The number of phenols is 1. The van der Waals surface area contributed by atoms with Crippen molar-refractivity contribution in [3.63, 3.8) is 0 Å². The van der Waals surface area contributed by atoms with Crippen LogP contribution in [0.2, 0.25) is 0 Å². The molecule has 0 fully saturated rings. The number of aromatic hydroxyl groups is 1. The van der Waals surface area contributed by atoms with Crippen molar-refractivity contribution in [1.29, 1.82) is 0 Å².